The molecule has 0 spiro atoms. The van der Waals surface area contributed by atoms with Crippen LogP contribution in [0.25, 0.3) is 22.6 Å². The Bertz CT molecular complexity index is 1120. The number of hydrogen-bond donors (Lipinski definition) is 0. The fraction of sp³-hybridized carbons (Fsp3) is 0.154. The van der Waals surface area contributed by atoms with Crippen molar-refractivity contribution in [3.63, 3.8) is 0 Å². The monoisotopic (exact) mass is 395 g/mol. The van der Waals surface area contributed by atoms with Gasteiger partial charge in [0.2, 0.25) is 0 Å². The number of esters is 1. The fourth-order valence-corrected chi connectivity index (χ4v) is 3.88. The topological polar surface area (TPSA) is 52.3 Å². The van der Waals surface area contributed by atoms with Gasteiger partial charge in [0.25, 0.3) is 0 Å². The van der Waals surface area contributed by atoms with Gasteiger partial charge in [-0.05, 0) is 30.0 Å². The Morgan fingerprint density at radius 2 is 1.60 bits per heavy atom. The van der Waals surface area contributed by atoms with Crippen LogP contribution in [-0.4, -0.2) is 11.0 Å². The van der Waals surface area contributed by atoms with Crippen LogP contribution in [0.4, 0.5) is 0 Å². The Morgan fingerprint density at radius 1 is 0.900 bits per heavy atom. The first-order chi connectivity index (χ1) is 14.7. The summed E-state index contributed by atoms with van der Waals surface area (Å²) in [5.74, 6) is 2.36. The van der Waals surface area contributed by atoms with Gasteiger partial charge in [0.05, 0.1) is 0 Å². The number of oxazole rings is 1. The normalized spacial score (nSPS) is 17.5. The third-order valence-corrected chi connectivity index (χ3v) is 5.38. The average molecular weight is 395 g/mol. The predicted octanol–water partition coefficient (Wildman–Crippen LogP) is 6.21. The van der Waals surface area contributed by atoms with Crippen molar-refractivity contribution in [3.05, 3.63) is 96.4 Å². The zero-order chi connectivity index (χ0) is 20.5. The molecule has 4 aromatic rings. The third-order valence-electron chi connectivity index (χ3n) is 5.38. The van der Waals surface area contributed by atoms with Crippen molar-refractivity contribution in [3.8, 4) is 28.3 Å². The number of hydrogen-bond acceptors (Lipinski definition) is 4. The molecule has 0 radical (unpaired) electrons. The van der Waals surface area contributed by atoms with Gasteiger partial charge in [-0.2, -0.15) is 0 Å². The quantitative estimate of drug-likeness (QED) is 0.298. The van der Waals surface area contributed by atoms with Gasteiger partial charge in [-0.15, -0.1) is 0 Å². The van der Waals surface area contributed by atoms with Crippen LogP contribution >= 0.6 is 0 Å². The molecule has 0 aliphatic heterocycles. The molecule has 3 aromatic carbocycles. The lowest BCUT2D eigenvalue weighted by Gasteiger charge is -2.04. The lowest BCUT2D eigenvalue weighted by Crippen LogP contribution is -2.01. The molecule has 5 rings (SSSR count). The smallest absolute Gasteiger partial charge is 0.308 e. The van der Waals surface area contributed by atoms with Gasteiger partial charge in [0.15, 0.2) is 11.7 Å². The molecular weight excluding hydrogens is 374 g/mol. The van der Waals surface area contributed by atoms with Crippen LogP contribution in [0.5, 0.6) is 5.75 Å². The fourth-order valence-electron chi connectivity index (χ4n) is 3.88. The standard InChI is InChI=1S/C26H21NO3/c1-17(28)29-21-14-8-13-20(15-21)22-16-23(22)26-27-24(18-9-4-2-5-10-18)25(30-26)19-11-6-3-7-12-19/h2-15,22-23H,16H2,1H3. The van der Waals surface area contributed by atoms with Crippen LogP contribution in [-0.2, 0) is 4.79 Å². The van der Waals surface area contributed by atoms with Gasteiger partial charge in [-0.3, -0.25) is 4.79 Å². The molecule has 0 amide bonds. The van der Waals surface area contributed by atoms with Crippen LogP contribution < -0.4 is 4.74 Å². The molecule has 1 aliphatic rings. The number of ether oxygens (including phenoxy) is 1. The lowest BCUT2D eigenvalue weighted by molar-refractivity contribution is -0.131. The molecule has 1 aliphatic carbocycles. The largest absolute Gasteiger partial charge is 0.440 e. The van der Waals surface area contributed by atoms with E-state index in [1.54, 1.807) is 6.07 Å². The summed E-state index contributed by atoms with van der Waals surface area (Å²) in [4.78, 5) is 16.2. The Labute approximate surface area is 175 Å². The van der Waals surface area contributed by atoms with Gasteiger partial charge in [-0.1, -0.05) is 72.8 Å². The van der Waals surface area contributed by atoms with Crippen LogP contribution in [0.1, 0.15) is 36.6 Å². The molecule has 148 valence electrons. The first-order valence-corrected chi connectivity index (χ1v) is 10.1. The van der Waals surface area contributed by atoms with Crippen molar-refractivity contribution >= 4 is 5.97 Å². The summed E-state index contributed by atoms with van der Waals surface area (Å²) >= 11 is 0. The second-order valence-electron chi connectivity index (χ2n) is 7.58. The summed E-state index contributed by atoms with van der Waals surface area (Å²) in [6.45, 7) is 1.41. The molecule has 4 heteroatoms. The molecule has 1 heterocycles. The van der Waals surface area contributed by atoms with Crippen LogP contribution in [0.15, 0.2) is 89.3 Å². The minimum absolute atomic E-state index is 0.220. The van der Waals surface area contributed by atoms with E-state index < -0.39 is 0 Å². The SMILES string of the molecule is CC(=O)Oc1cccc(C2CC2c2nc(-c3ccccc3)c(-c3ccccc3)o2)c1. The molecule has 0 N–H and O–H groups in total. The minimum Gasteiger partial charge on any atom is -0.440 e. The number of aromatic nitrogens is 1. The summed E-state index contributed by atoms with van der Waals surface area (Å²) in [5, 5.41) is 0. The van der Waals surface area contributed by atoms with Crippen LogP contribution in [0, 0.1) is 0 Å². The summed E-state index contributed by atoms with van der Waals surface area (Å²) < 4.78 is 11.6. The zero-order valence-electron chi connectivity index (χ0n) is 16.6. The van der Waals surface area contributed by atoms with E-state index in [-0.39, 0.29) is 11.9 Å². The van der Waals surface area contributed by atoms with Gasteiger partial charge >= 0.3 is 5.97 Å². The predicted molar refractivity (Wildman–Crippen MR) is 115 cm³/mol. The molecule has 1 aromatic heterocycles. The van der Waals surface area contributed by atoms with Crippen molar-refractivity contribution < 1.29 is 13.9 Å². The van der Waals surface area contributed by atoms with Crippen molar-refractivity contribution in [2.75, 3.05) is 0 Å². The molecule has 30 heavy (non-hydrogen) atoms. The van der Waals surface area contributed by atoms with Crippen molar-refractivity contribution in [1.82, 2.24) is 4.98 Å². The number of rotatable bonds is 5. The Balaban J connectivity index is 1.48. The van der Waals surface area contributed by atoms with Gasteiger partial charge in [0.1, 0.15) is 11.4 Å². The summed E-state index contributed by atoms with van der Waals surface area (Å²) in [6.07, 6.45) is 0.965. The van der Waals surface area contributed by atoms with Gasteiger partial charge in [-0.25, -0.2) is 4.98 Å². The van der Waals surface area contributed by atoms with E-state index in [1.165, 1.54) is 6.92 Å². The number of benzene rings is 3. The lowest BCUT2D eigenvalue weighted by atomic mass is 10.1. The van der Waals surface area contributed by atoms with Crippen molar-refractivity contribution in [2.45, 2.75) is 25.2 Å². The van der Waals surface area contributed by atoms with E-state index in [0.717, 1.165) is 40.5 Å². The third kappa shape index (κ3) is 3.64. The molecule has 4 nitrogen and oxygen atoms in total. The number of carbonyl (C=O) groups excluding carboxylic acids is 1. The van der Waals surface area contributed by atoms with Crippen LogP contribution in [0.2, 0.25) is 0 Å². The Morgan fingerprint density at radius 3 is 2.30 bits per heavy atom. The highest BCUT2D eigenvalue weighted by atomic mass is 16.5. The van der Waals surface area contributed by atoms with Gasteiger partial charge < -0.3 is 9.15 Å². The van der Waals surface area contributed by atoms with E-state index in [4.69, 9.17) is 14.1 Å². The summed E-state index contributed by atoms with van der Waals surface area (Å²) in [7, 11) is 0. The highest BCUT2D eigenvalue weighted by molar-refractivity contribution is 5.77. The second-order valence-corrected chi connectivity index (χ2v) is 7.58. The molecular formula is C26H21NO3. The maximum atomic E-state index is 11.3. The molecule has 0 saturated heterocycles. The zero-order valence-corrected chi connectivity index (χ0v) is 16.6. The molecule has 1 fully saturated rings. The van der Waals surface area contributed by atoms with E-state index in [2.05, 4.69) is 18.2 Å². The average Bonchev–Trinajstić information content (AvgIpc) is 3.45. The first kappa shape index (κ1) is 18.4. The highest BCUT2D eigenvalue weighted by Crippen LogP contribution is 2.55. The number of nitrogens with zero attached hydrogens (tertiary/aromatic N) is 1. The van der Waals surface area contributed by atoms with E-state index in [0.29, 0.717) is 11.7 Å². The highest BCUT2D eigenvalue weighted by Gasteiger charge is 2.44. The molecule has 2 atom stereocenters. The maximum absolute atomic E-state index is 11.3. The summed E-state index contributed by atoms with van der Waals surface area (Å²) in [6, 6.07) is 28.0. The van der Waals surface area contributed by atoms with Crippen molar-refractivity contribution in [2.24, 2.45) is 0 Å². The van der Waals surface area contributed by atoms with Crippen molar-refractivity contribution in [1.29, 1.82) is 0 Å². The Kier molecular flexibility index (Phi) is 4.68. The van der Waals surface area contributed by atoms with E-state index in [9.17, 15) is 4.79 Å². The summed E-state index contributed by atoms with van der Waals surface area (Å²) in [5.41, 5.74) is 4.07. The first-order valence-electron chi connectivity index (χ1n) is 10.1. The maximum Gasteiger partial charge on any atom is 0.308 e. The number of carbonyl (C=O) groups is 1. The van der Waals surface area contributed by atoms with E-state index >= 15 is 0 Å². The molecule has 2 unspecified atom stereocenters. The minimum atomic E-state index is -0.313. The Hall–Kier alpha value is -3.66. The molecule has 1 saturated carbocycles. The second kappa shape index (κ2) is 7.64. The molecule has 0 bridgehead atoms. The van der Waals surface area contributed by atoms with Crippen LogP contribution in [0.3, 0.4) is 0 Å². The van der Waals surface area contributed by atoms with Gasteiger partial charge in [0, 0.05) is 24.0 Å². The van der Waals surface area contributed by atoms with E-state index in [1.807, 2.05) is 60.7 Å².